The summed E-state index contributed by atoms with van der Waals surface area (Å²) in [6.45, 7) is 5.04. The predicted octanol–water partition coefficient (Wildman–Crippen LogP) is 10.1. The fourth-order valence-corrected chi connectivity index (χ4v) is 9.52. The number of halogens is 5. The Morgan fingerprint density at radius 3 is 2.21 bits per heavy atom. The smallest absolute Gasteiger partial charge is 0.453 e. The molecule has 6 atom stereocenters. The first-order chi connectivity index (χ1) is 22.2. The topological polar surface area (TPSA) is 69.7 Å². The van der Waals surface area contributed by atoms with Crippen LogP contribution in [0, 0.1) is 23.2 Å². The summed E-state index contributed by atoms with van der Waals surface area (Å²) in [6, 6.07) is 5.49. The molecule has 2 fully saturated rings. The molecule has 264 valence electrons. The number of ketones is 1. The molecule has 0 bridgehead atoms. The van der Waals surface area contributed by atoms with Crippen LogP contribution in [-0.4, -0.2) is 47.4 Å². The third kappa shape index (κ3) is 9.09. The maximum Gasteiger partial charge on any atom is 0.453 e. The zero-order valence-corrected chi connectivity index (χ0v) is 28.6. The number of ether oxygens (including phenoxy) is 2. The average molecular weight is 689 g/mol. The molecule has 0 amide bonds. The van der Waals surface area contributed by atoms with Gasteiger partial charge in [0.15, 0.2) is 5.78 Å². The van der Waals surface area contributed by atoms with Crippen LogP contribution >= 0.6 is 11.8 Å². The summed E-state index contributed by atoms with van der Waals surface area (Å²) in [5, 5.41) is 0. The third-order valence-electron chi connectivity index (χ3n) is 10.8. The van der Waals surface area contributed by atoms with Crippen LogP contribution in [0.25, 0.3) is 0 Å². The van der Waals surface area contributed by atoms with Crippen LogP contribution in [0.3, 0.4) is 0 Å². The fraction of sp³-hybridized carbons (Fsp3) is 0.750. The summed E-state index contributed by atoms with van der Waals surface area (Å²) in [5.74, 6) is -3.20. The maximum atomic E-state index is 14.2. The molecule has 11 heteroatoms. The van der Waals surface area contributed by atoms with E-state index in [1.165, 1.54) is 25.6 Å². The van der Waals surface area contributed by atoms with Gasteiger partial charge in [0.05, 0.1) is 0 Å². The van der Waals surface area contributed by atoms with Crippen LogP contribution in [0.15, 0.2) is 18.2 Å². The monoisotopic (exact) mass is 688 g/mol. The van der Waals surface area contributed by atoms with Crippen molar-refractivity contribution in [3.05, 3.63) is 29.3 Å². The molecule has 3 unspecified atom stereocenters. The molecule has 3 aliphatic carbocycles. The van der Waals surface area contributed by atoms with Crippen LogP contribution in [0.5, 0.6) is 5.75 Å². The molecular formula is C36H49F5O5S. The lowest BCUT2D eigenvalue weighted by Crippen LogP contribution is -2.49. The highest BCUT2D eigenvalue weighted by atomic mass is 32.2. The van der Waals surface area contributed by atoms with E-state index in [0.29, 0.717) is 17.1 Å². The SMILES string of the molecule is CC(=O)Oc1ccc2c(c1)C(=O)[C@@H](CCCCCCCCCSCCCC(F)(F)C(F)(F)F)C1C2CC[C@@]2(C)C1CC[C@@H]2OC(C)=O. The number of esters is 2. The van der Waals surface area contributed by atoms with Gasteiger partial charge in [0.25, 0.3) is 0 Å². The van der Waals surface area contributed by atoms with Crippen molar-refractivity contribution in [2.75, 3.05) is 11.5 Å². The van der Waals surface area contributed by atoms with Crippen molar-refractivity contribution in [3.63, 3.8) is 0 Å². The van der Waals surface area contributed by atoms with Crippen LogP contribution in [0.4, 0.5) is 22.0 Å². The second-order valence-corrected chi connectivity index (χ2v) is 15.2. The first kappa shape index (κ1) is 37.6. The Kier molecular flexibility index (Phi) is 12.8. The Balaban J connectivity index is 1.27. The number of unbranched alkanes of at least 4 members (excludes halogenated alkanes) is 6. The minimum Gasteiger partial charge on any atom is -0.462 e. The second-order valence-electron chi connectivity index (χ2n) is 14.0. The van der Waals surface area contributed by atoms with Crippen LogP contribution in [0.2, 0.25) is 0 Å². The number of hydrogen-bond donors (Lipinski definition) is 0. The maximum absolute atomic E-state index is 14.2. The molecule has 0 radical (unpaired) electrons. The quantitative estimate of drug-likeness (QED) is 0.0745. The van der Waals surface area contributed by atoms with E-state index in [1.54, 1.807) is 12.1 Å². The molecule has 0 N–H and O–H groups in total. The number of carbonyl (C=O) groups is 3. The summed E-state index contributed by atoms with van der Waals surface area (Å²) in [5.41, 5.74) is 1.55. The minimum absolute atomic E-state index is 0.120. The molecule has 3 aliphatic rings. The second kappa shape index (κ2) is 16.0. The first-order valence-electron chi connectivity index (χ1n) is 17.2. The van der Waals surface area contributed by atoms with Crippen LogP contribution in [-0.2, 0) is 14.3 Å². The van der Waals surface area contributed by atoms with Gasteiger partial charge in [-0.1, -0.05) is 51.5 Å². The minimum atomic E-state index is -5.48. The Labute approximate surface area is 279 Å². The van der Waals surface area contributed by atoms with Gasteiger partial charge in [0, 0.05) is 37.2 Å². The number of rotatable bonds is 16. The van der Waals surface area contributed by atoms with Crippen molar-refractivity contribution in [1.29, 1.82) is 0 Å². The highest BCUT2D eigenvalue weighted by Gasteiger charge is 2.59. The van der Waals surface area contributed by atoms with Crippen molar-refractivity contribution < 1.29 is 45.8 Å². The van der Waals surface area contributed by atoms with Gasteiger partial charge in [-0.25, -0.2) is 0 Å². The van der Waals surface area contributed by atoms with E-state index in [2.05, 4.69) is 6.92 Å². The van der Waals surface area contributed by atoms with E-state index in [-0.39, 0.29) is 53.4 Å². The van der Waals surface area contributed by atoms with E-state index in [9.17, 15) is 36.3 Å². The van der Waals surface area contributed by atoms with Crippen LogP contribution in [0.1, 0.15) is 133 Å². The molecule has 0 spiro atoms. The summed E-state index contributed by atoms with van der Waals surface area (Å²) in [6.07, 6.45) is 4.38. The molecule has 0 saturated heterocycles. The van der Waals surface area contributed by atoms with E-state index in [0.717, 1.165) is 88.4 Å². The number of carbonyl (C=O) groups excluding carboxylic acids is 3. The number of Topliss-reactive ketones (excluding diaryl/α,β-unsaturated/α-hetero) is 1. The first-order valence-corrected chi connectivity index (χ1v) is 18.4. The van der Waals surface area contributed by atoms with Gasteiger partial charge in [-0.05, 0) is 91.9 Å². The van der Waals surface area contributed by atoms with Gasteiger partial charge in [-0.3, -0.25) is 14.4 Å². The predicted molar refractivity (Wildman–Crippen MR) is 172 cm³/mol. The van der Waals surface area contributed by atoms with Gasteiger partial charge >= 0.3 is 24.0 Å². The summed E-state index contributed by atoms with van der Waals surface area (Å²) in [4.78, 5) is 37.7. The van der Waals surface area contributed by atoms with Gasteiger partial charge in [0.1, 0.15) is 11.9 Å². The molecular weight excluding hydrogens is 639 g/mol. The van der Waals surface area contributed by atoms with Crippen molar-refractivity contribution in [3.8, 4) is 5.75 Å². The Morgan fingerprint density at radius 2 is 1.55 bits per heavy atom. The Hall–Kier alpha value is -2.17. The Bertz CT molecular complexity index is 1250. The van der Waals surface area contributed by atoms with Gasteiger partial charge in [0.2, 0.25) is 0 Å². The fourth-order valence-electron chi connectivity index (χ4n) is 8.56. The highest BCUT2D eigenvalue weighted by molar-refractivity contribution is 7.99. The number of alkyl halides is 5. The molecule has 5 nitrogen and oxygen atoms in total. The lowest BCUT2D eigenvalue weighted by Gasteiger charge is -2.52. The van der Waals surface area contributed by atoms with Crippen molar-refractivity contribution in [1.82, 2.24) is 0 Å². The standard InChI is InChI=1S/C36H49F5O5S/c1-23(42)45-25-13-14-26-27-17-19-34(3)30(15-16-31(34)46-24(2)43)32(27)28(33(44)29(26)22-25)12-9-7-5-4-6-8-10-20-47-21-11-18-35(37,38)36(39,40)41/h13-14,22,27-28,30-32H,4-12,15-21H2,1-3H3/t27?,28-,30?,31-,32?,34-/m0/s1. The van der Waals surface area contributed by atoms with Gasteiger partial charge in [-0.2, -0.15) is 33.7 Å². The van der Waals surface area contributed by atoms with Crippen molar-refractivity contribution >= 4 is 29.5 Å². The Morgan fingerprint density at radius 1 is 0.894 bits per heavy atom. The molecule has 47 heavy (non-hydrogen) atoms. The molecule has 0 aromatic heterocycles. The molecule has 2 saturated carbocycles. The highest BCUT2D eigenvalue weighted by Crippen LogP contribution is 2.63. The summed E-state index contributed by atoms with van der Waals surface area (Å²) < 4.78 is 73.8. The van der Waals surface area contributed by atoms with E-state index in [4.69, 9.17) is 9.47 Å². The third-order valence-corrected chi connectivity index (χ3v) is 12.0. The van der Waals surface area contributed by atoms with E-state index in [1.807, 2.05) is 6.07 Å². The molecule has 0 heterocycles. The normalized spacial score (nSPS) is 27.1. The molecule has 0 aliphatic heterocycles. The number of benzene rings is 1. The molecule has 1 aromatic rings. The molecule has 1 aromatic carbocycles. The van der Waals surface area contributed by atoms with Gasteiger partial charge < -0.3 is 9.47 Å². The van der Waals surface area contributed by atoms with Crippen LogP contribution < -0.4 is 4.74 Å². The molecule has 4 rings (SSSR count). The summed E-state index contributed by atoms with van der Waals surface area (Å²) in [7, 11) is 0. The lowest BCUT2D eigenvalue weighted by atomic mass is 9.51. The number of fused-ring (bicyclic) bond motifs is 5. The summed E-state index contributed by atoms with van der Waals surface area (Å²) >= 11 is 1.43. The van der Waals surface area contributed by atoms with Crippen molar-refractivity contribution in [2.45, 2.75) is 135 Å². The zero-order valence-electron chi connectivity index (χ0n) is 27.8. The lowest BCUT2D eigenvalue weighted by molar-refractivity contribution is -0.284. The van der Waals surface area contributed by atoms with Gasteiger partial charge in [-0.15, -0.1) is 0 Å². The van der Waals surface area contributed by atoms with E-state index >= 15 is 0 Å². The zero-order chi connectivity index (χ0) is 34.4. The van der Waals surface area contributed by atoms with Crippen molar-refractivity contribution in [2.24, 2.45) is 23.2 Å². The number of thioether (sulfide) groups is 1. The van der Waals surface area contributed by atoms with E-state index < -0.39 is 24.5 Å². The average Bonchev–Trinajstić information content (AvgIpc) is 3.31. The largest absolute Gasteiger partial charge is 0.462 e. The number of hydrogen-bond acceptors (Lipinski definition) is 6.